The summed E-state index contributed by atoms with van der Waals surface area (Å²) in [6, 6.07) is -0.801. The van der Waals surface area contributed by atoms with Gasteiger partial charge in [-0.25, -0.2) is 0 Å². The zero-order valence-corrected chi connectivity index (χ0v) is 19.5. The van der Waals surface area contributed by atoms with Gasteiger partial charge in [-0.05, 0) is 45.1 Å². The lowest BCUT2D eigenvalue weighted by Crippen LogP contribution is -2.54. The zero-order chi connectivity index (χ0) is 21.3. The van der Waals surface area contributed by atoms with Crippen molar-refractivity contribution in [3.8, 4) is 0 Å². The molecule has 3 aliphatic heterocycles. The van der Waals surface area contributed by atoms with E-state index in [9.17, 15) is 14.4 Å². The number of likely N-dealkylation sites (tertiary alicyclic amines) is 2. The molecule has 7 heteroatoms. The summed E-state index contributed by atoms with van der Waals surface area (Å²) in [6.45, 7) is 11.9. The maximum atomic E-state index is 13.1. The summed E-state index contributed by atoms with van der Waals surface area (Å²) in [5.74, 6) is 0.131. The summed E-state index contributed by atoms with van der Waals surface area (Å²) >= 11 is 0. The van der Waals surface area contributed by atoms with E-state index in [1.54, 1.807) is 9.80 Å². The van der Waals surface area contributed by atoms with Crippen LogP contribution in [0.2, 0.25) is 0 Å². The van der Waals surface area contributed by atoms with Gasteiger partial charge in [-0.3, -0.25) is 14.4 Å². The molecule has 0 aromatic rings. The van der Waals surface area contributed by atoms with E-state index >= 15 is 0 Å². The third-order valence-electron chi connectivity index (χ3n) is 5.61. The fourth-order valence-corrected chi connectivity index (χ4v) is 4.29. The Morgan fingerprint density at radius 3 is 1.89 bits per heavy atom. The van der Waals surface area contributed by atoms with Gasteiger partial charge in [0.25, 0.3) is 0 Å². The van der Waals surface area contributed by atoms with Gasteiger partial charge < -0.3 is 15.1 Å². The van der Waals surface area contributed by atoms with E-state index in [4.69, 9.17) is 0 Å². The van der Waals surface area contributed by atoms with Crippen LogP contribution >= 0.6 is 9.24 Å². The van der Waals surface area contributed by atoms with Gasteiger partial charge in [0.2, 0.25) is 11.8 Å². The first-order valence-electron chi connectivity index (χ1n) is 11.0. The molecule has 0 saturated carbocycles. The first-order chi connectivity index (χ1) is 13.5. The highest BCUT2D eigenvalue weighted by molar-refractivity contribution is 7.15. The number of carbonyl (C=O) groups is 3. The van der Waals surface area contributed by atoms with Crippen LogP contribution in [0.3, 0.4) is 0 Å². The molecule has 0 spiro atoms. The molecule has 1 N–H and O–H groups in total. The second-order valence-electron chi connectivity index (χ2n) is 7.59. The van der Waals surface area contributed by atoms with Crippen molar-refractivity contribution in [1.82, 2.24) is 15.1 Å². The smallest absolute Gasteiger partial charge is 0.245 e. The van der Waals surface area contributed by atoms with Crippen molar-refractivity contribution in [3.05, 3.63) is 0 Å². The molecule has 3 aliphatic rings. The predicted molar refractivity (Wildman–Crippen MR) is 117 cm³/mol. The molecule has 2 amide bonds. The van der Waals surface area contributed by atoms with Crippen LogP contribution in [0, 0.1) is 5.92 Å². The normalized spacial score (nSPS) is 26.5. The van der Waals surface area contributed by atoms with Crippen LogP contribution < -0.4 is 5.32 Å². The van der Waals surface area contributed by atoms with Gasteiger partial charge in [-0.15, -0.1) is 9.24 Å². The molecule has 0 aromatic carbocycles. The minimum absolute atomic E-state index is 0.0182. The molecule has 0 radical (unpaired) electrons. The van der Waals surface area contributed by atoms with E-state index in [1.807, 2.05) is 34.4 Å². The minimum atomic E-state index is -0.375. The summed E-state index contributed by atoms with van der Waals surface area (Å²) in [5.41, 5.74) is 0. The third kappa shape index (κ3) is 5.76. The fraction of sp³-hybridized carbons (Fsp3) is 0.857. The number of Topliss-reactive ketones (excluding diaryl/α,β-unsaturated/α-hetero) is 1. The van der Waals surface area contributed by atoms with Crippen molar-refractivity contribution in [1.29, 1.82) is 0 Å². The highest BCUT2D eigenvalue weighted by Gasteiger charge is 2.43. The number of nitrogens with zero attached hydrogens (tertiary/aromatic N) is 2. The second-order valence-corrected chi connectivity index (χ2v) is 7.59. The van der Waals surface area contributed by atoms with Crippen LogP contribution in [-0.4, -0.2) is 71.8 Å². The van der Waals surface area contributed by atoms with Crippen LogP contribution in [0.5, 0.6) is 0 Å². The van der Waals surface area contributed by atoms with Crippen LogP contribution in [0.1, 0.15) is 66.2 Å². The third-order valence-corrected chi connectivity index (χ3v) is 5.61. The minimum Gasteiger partial charge on any atom is -0.331 e. The van der Waals surface area contributed by atoms with Crippen molar-refractivity contribution in [3.63, 3.8) is 0 Å². The largest absolute Gasteiger partial charge is 0.331 e. The molecule has 6 nitrogen and oxygen atoms in total. The number of amides is 2. The molecule has 3 saturated heterocycles. The fourth-order valence-electron chi connectivity index (χ4n) is 4.29. The van der Waals surface area contributed by atoms with E-state index < -0.39 is 0 Å². The summed E-state index contributed by atoms with van der Waals surface area (Å²) in [6.07, 6.45) is 5.09. The Labute approximate surface area is 173 Å². The first-order valence-corrected chi connectivity index (χ1v) is 12.1. The van der Waals surface area contributed by atoms with Gasteiger partial charge in [0.15, 0.2) is 5.78 Å². The zero-order valence-electron chi connectivity index (χ0n) is 18.4. The summed E-state index contributed by atoms with van der Waals surface area (Å²) in [7, 11) is 2.42. The highest BCUT2D eigenvalue weighted by atomic mass is 31.0. The molecule has 0 bridgehead atoms. The SMILES string of the molecule is CC.CC(C)C(=O)C1CCCN1C(=O)C1CCCN1C(=O)C1CCCN1.CP. The van der Waals surface area contributed by atoms with Gasteiger partial charge in [-0.1, -0.05) is 34.4 Å². The van der Waals surface area contributed by atoms with Gasteiger partial charge >= 0.3 is 0 Å². The standard InChI is InChI=1S/C18H29N3O3.C2H6.CH5P/c1-12(2)16(22)14-7-4-10-20(14)18(24)15-8-5-11-21(15)17(23)13-6-3-9-19-13;2*1-2/h12-15,19H,3-11H2,1-2H3;1-2H3;2H2,1H3. The van der Waals surface area contributed by atoms with Crippen molar-refractivity contribution in [2.45, 2.75) is 84.3 Å². The van der Waals surface area contributed by atoms with Crippen LogP contribution in [-0.2, 0) is 14.4 Å². The average Bonchev–Trinajstić information content (AvgIpc) is 3.50. The number of carbonyl (C=O) groups excluding carboxylic acids is 3. The van der Waals surface area contributed by atoms with Gasteiger partial charge in [0.1, 0.15) is 6.04 Å². The topological polar surface area (TPSA) is 69.7 Å². The quantitative estimate of drug-likeness (QED) is 0.719. The van der Waals surface area contributed by atoms with E-state index in [2.05, 4.69) is 14.6 Å². The Balaban J connectivity index is 0.000000921. The first kappa shape index (κ1) is 25.0. The van der Waals surface area contributed by atoms with Crippen molar-refractivity contribution >= 4 is 26.8 Å². The Bertz CT molecular complexity index is 521. The molecule has 3 fully saturated rings. The highest BCUT2D eigenvalue weighted by Crippen LogP contribution is 2.27. The van der Waals surface area contributed by atoms with Crippen molar-refractivity contribution in [2.75, 3.05) is 26.3 Å². The molecule has 4 unspecified atom stereocenters. The maximum Gasteiger partial charge on any atom is 0.245 e. The lowest BCUT2D eigenvalue weighted by Gasteiger charge is -2.32. The molecule has 0 aliphatic carbocycles. The Morgan fingerprint density at radius 1 is 0.857 bits per heavy atom. The number of hydrogen-bond donors (Lipinski definition) is 1. The van der Waals surface area contributed by atoms with Gasteiger partial charge in [-0.2, -0.15) is 0 Å². The molecule has 3 heterocycles. The summed E-state index contributed by atoms with van der Waals surface area (Å²) in [4.78, 5) is 41.7. The molecular formula is C21H40N3O3P. The Kier molecular flexibility index (Phi) is 11.2. The lowest BCUT2D eigenvalue weighted by molar-refractivity contribution is -0.147. The van der Waals surface area contributed by atoms with Crippen LogP contribution in [0.15, 0.2) is 0 Å². The van der Waals surface area contributed by atoms with E-state index in [0.29, 0.717) is 13.1 Å². The maximum absolute atomic E-state index is 13.1. The molecule has 0 aromatic heterocycles. The Hall–Kier alpha value is -1.00. The van der Waals surface area contributed by atoms with E-state index in [1.165, 1.54) is 0 Å². The lowest BCUT2D eigenvalue weighted by atomic mass is 9.99. The summed E-state index contributed by atoms with van der Waals surface area (Å²) in [5, 5.41) is 3.23. The monoisotopic (exact) mass is 413 g/mol. The average molecular weight is 414 g/mol. The number of nitrogens with one attached hydrogen (secondary N) is 1. The molecule has 3 rings (SSSR count). The van der Waals surface area contributed by atoms with Crippen LogP contribution in [0.25, 0.3) is 0 Å². The van der Waals surface area contributed by atoms with Crippen LogP contribution in [0.4, 0.5) is 0 Å². The Morgan fingerprint density at radius 2 is 1.39 bits per heavy atom. The molecule has 162 valence electrons. The molecular weight excluding hydrogens is 373 g/mol. The van der Waals surface area contributed by atoms with Crippen molar-refractivity contribution in [2.24, 2.45) is 5.92 Å². The number of ketones is 1. The number of hydrogen-bond acceptors (Lipinski definition) is 4. The predicted octanol–water partition coefficient (Wildman–Crippen LogP) is 2.46. The van der Waals surface area contributed by atoms with Gasteiger partial charge in [0.05, 0.1) is 12.1 Å². The number of rotatable bonds is 4. The summed E-state index contributed by atoms with van der Waals surface area (Å²) < 4.78 is 0. The molecule has 28 heavy (non-hydrogen) atoms. The van der Waals surface area contributed by atoms with Crippen molar-refractivity contribution < 1.29 is 14.4 Å². The molecule has 4 atom stereocenters. The van der Waals surface area contributed by atoms with E-state index in [-0.39, 0.29) is 41.6 Å². The second kappa shape index (κ2) is 12.5. The van der Waals surface area contributed by atoms with Gasteiger partial charge in [0, 0.05) is 19.0 Å². The van der Waals surface area contributed by atoms with E-state index in [0.717, 1.165) is 45.1 Å².